The van der Waals surface area contributed by atoms with Crippen molar-refractivity contribution < 1.29 is 59.9 Å². The summed E-state index contributed by atoms with van der Waals surface area (Å²) >= 11 is 15.8. The highest BCUT2D eigenvalue weighted by Crippen LogP contribution is 2.35. The zero-order valence-corrected chi connectivity index (χ0v) is 43.6. The second kappa shape index (κ2) is 19.0. The molecule has 4 aromatic carbocycles. The van der Waals surface area contributed by atoms with Gasteiger partial charge in [-0.1, -0.05) is 0 Å². The van der Waals surface area contributed by atoms with Gasteiger partial charge in [-0.05, 0) is 242 Å². The van der Waals surface area contributed by atoms with E-state index >= 15 is 0 Å². The van der Waals surface area contributed by atoms with Crippen LogP contribution in [0.4, 0.5) is 8.78 Å². The average Bonchev–Trinajstić information content (AvgIpc) is 3.04. The molecule has 11 nitrogen and oxygen atoms in total. The lowest BCUT2D eigenvalue weighted by Crippen LogP contribution is -2.42. The largest absolute Gasteiger partial charge is 0.451 e. The lowest BCUT2D eigenvalue weighted by atomic mass is 9.97. The number of esters is 4. The van der Waals surface area contributed by atoms with Gasteiger partial charge < -0.3 is 18.9 Å². The first-order valence-corrected chi connectivity index (χ1v) is 23.7. The fraction of sp³-hybridized carbons (Fsp3) is 0.0968. The zero-order valence-electron chi connectivity index (χ0n) is 25.5. The number of halogens is 10. The molecule has 0 saturated heterocycles. The van der Waals surface area contributed by atoms with Crippen LogP contribution in [0.5, 0.6) is 17.2 Å². The van der Waals surface area contributed by atoms with Gasteiger partial charge in [-0.3, -0.25) is 4.55 Å². The zero-order chi connectivity index (χ0) is 39.7. The molecule has 4 rings (SSSR count). The minimum Gasteiger partial charge on any atom is -0.451 e. The van der Waals surface area contributed by atoms with Crippen LogP contribution < -0.4 is 14.2 Å². The number of ether oxygens (including phenoxy) is 4. The molecule has 0 radical (unpaired) electrons. The van der Waals surface area contributed by atoms with Crippen molar-refractivity contribution in [1.29, 1.82) is 0 Å². The molecule has 22 heteroatoms. The van der Waals surface area contributed by atoms with Crippen LogP contribution in [0, 0.1) is 28.6 Å². The molecule has 1 atom stereocenters. The molecule has 0 aliphatic carbocycles. The smallest absolute Gasteiger partial charge is 0.405 e. The summed E-state index contributed by atoms with van der Waals surface area (Å²) < 4.78 is 87.5. The fourth-order valence-corrected chi connectivity index (χ4v) is 13.8. The standard InChI is InChI=1S/C31H14F2I8O11S/c1-11(31(32,33)53(46,47)48)49-27(42)15-9-17(29(44)51-25-20(38)5-13(35)6-21(25)39)18(30(45)52-26-22(40)7-14(36)8-23(26)41)10-16(15)28(43)50-24-3-2-12(34)4-19(24)37/h2-11H,1H3,(H,46,47,48). The van der Waals surface area contributed by atoms with Crippen LogP contribution in [0.15, 0.2) is 54.6 Å². The highest BCUT2D eigenvalue weighted by molar-refractivity contribution is 14.1. The molecule has 0 spiro atoms. The average molecular weight is 1650 g/mol. The Bertz CT molecular complexity index is 2260. The summed E-state index contributed by atoms with van der Waals surface area (Å²) in [4.78, 5) is 55.3. The van der Waals surface area contributed by atoms with Crippen LogP contribution in [0.3, 0.4) is 0 Å². The molecule has 0 aliphatic rings. The van der Waals surface area contributed by atoms with Gasteiger partial charge in [0.25, 0.3) is 0 Å². The summed E-state index contributed by atoms with van der Waals surface area (Å²) in [6, 6.07) is 13.0. The maximum Gasteiger partial charge on any atom is 0.405 e. The Hall–Kier alpha value is 0.370. The number of hydrogen-bond donors (Lipinski definition) is 1. The molecule has 0 aromatic heterocycles. The lowest BCUT2D eigenvalue weighted by Gasteiger charge is -2.22. The monoisotopic (exact) mass is 1650 g/mol. The molecule has 0 aliphatic heterocycles. The molecular weight excluding hydrogens is 1630 g/mol. The summed E-state index contributed by atoms with van der Waals surface area (Å²) in [6.07, 6.45) is -2.80. The third-order valence-electron chi connectivity index (χ3n) is 6.55. The predicted octanol–water partition coefficient (Wildman–Crippen LogP) is 10.2. The van der Waals surface area contributed by atoms with Gasteiger partial charge in [-0.15, -0.1) is 0 Å². The topological polar surface area (TPSA) is 160 Å². The first-order chi connectivity index (χ1) is 24.5. The van der Waals surface area contributed by atoms with E-state index in [9.17, 15) is 36.4 Å². The Morgan fingerprint density at radius 2 is 0.943 bits per heavy atom. The van der Waals surface area contributed by atoms with E-state index in [0.29, 0.717) is 30.8 Å². The third kappa shape index (κ3) is 11.3. The lowest BCUT2D eigenvalue weighted by molar-refractivity contribution is -0.0550. The van der Waals surface area contributed by atoms with Crippen molar-refractivity contribution in [2.24, 2.45) is 0 Å². The van der Waals surface area contributed by atoms with Gasteiger partial charge in [0.1, 0.15) is 5.75 Å². The van der Waals surface area contributed by atoms with Crippen LogP contribution in [-0.4, -0.2) is 48.2 Å². The SMILES string of the molecule is CC(OC(=O)c1cc(C(=O)Oc2c(I)cc(I)cc2I)c(C(=O)Oc2c(I)cc(I)cc2I)cc1C(=O)Oc1ccc(I)cc1I)C(F)(F)S(=O)(=O)O. The van der Waals surface area contributed by atoms with E-state index in [4.69, 9.17) is 23.5 Å². The molecule has 0 fully saturated rings. The van der Waals surface area contributed by atoms with E-state index in [2.05, 4.69) is 45.2 Å². The third-order valence-corrected chi connectivity index (χ3v) is 13.5. The normalized spacial score (nSPS) is 12.2. The van der Waals surface area contributed by atoms with Gasteiger partial charge in [-0.2, -0.15) is 17.2 Å². The summed E-state index contributed by atoms with van der Waals surface area (Å²) in [5, 5.41) is -4.98. The quantitative estimate of drug-likeness (QED) is 0.0697. The van der Waals surface area contributed by atoms with E-state index in [1.54, 1.807) is 36.4 Å². The van der Waals surface area contributed by atoms with Gasteiger partial charge in [0.2, 0.25) is 0 Å². The van der Waals surface area contributed by atoms with Gasteiger partial charge in [0, 0.05) is 10.7 Å². The summed E-state index contributed by atoms with van der Waals surface area (Å²) in [5.74, 6) is -5.22. The van der Waals surface area contributed by atoms with E-state index in [0.717, 1.165) is 16.8 Å². The van der Waals surface area contributed by atoms with Crippen molar-refractivity contribution in [2.75, 3.05) is 0 Å². The molecule has 0 bridgehead atoms. The predicted molar refractivity (Wildman–Crippen MR) is 254 cm³/mol. The van der Waals surface area contributed by atoms with Crippen molar-refractivity contribution in [3.63, 3.8) is 0 Å². The Balaban J connectivity index is 1.96. The van der Waals surface area contributed by atoms with Crippen molar-refractivity contribution in [2.45, 2.75) is 18.3 Å². The molecule has 0 heterocycles. The number of benzene rings is 4. The van der Waals surface area contributed by atoms with E-state index in [1.807, 2.05) is 136 Å². The van der Waals surface area contributed by atoms with Crippen molar-refractivity contribution >= 4 is 215 Å². The molecule has 0 saturated carbocycles. The second-order valence-corrected chi connectivity index (χ2v) is 21.2. The number of rotatable bonds is 10. The van der Waals surface area contributed by atoms with Crippen LogP contribution in [0.2, 0.25) is 0 Å². The van der Waals surface area contributed by atoms with Gasteiger partial charge in [-0.25, -0.2) is 19.2 Å². The Labute approximate surface area is 408 Å². The van der Waals surface area contributed by atoms with Crippen LogP contribution in [0.25, 0.3) is 0 Å². The summed E-state index contributed by atoms with van der Waals surface area (Å²) in [5.41, 5.74) is -2.88. The Morgan fingerprint density at radius 3 is 1.32 bits per heavy atom. The van der Waals surface area contributed by atoms with Gasteiger partial charge in [0.05, 0.1) is 40.1 Å². The molecular formula is C31H14F2I8O11S. The number of alkyl halides is 2. The summed E-state index contributed by atoms with van der Waals surface area (Å²) in [7, 11) is -6.07. The van der Waals surface area contributed by atoms with Gasteiger partial charge in [0.15, 0.2) is 17.6 Å². The summed E-state index contributed by atoms with van der Waals surface area (Å²) in [6.45, 7) is 0.490. The highest BCUT2D eigenvalue weighted by Gasteiger charge is 2.52. The number of hydrogen-bond acceptors (Lipinski definition) is 10. The first-order valence-electron chi connectivity index (χ1n) is 13.7. The van der Waals surface area contributed by atoms with Crippen molar-refractivity contribution in [1.82, 2.24) is 0 Å². The second-order valence-electron chi connectivity index (χ2n) is 10.2. The minimum atomic E-state index is -6.07. The Kier molecular flexibility index (Phi) is 16.5. The molecule has 4 aromatic rings. The first kappa shape index (κ1) is 46.1. The molecule has 1 unspecified atom stereocenters. The molecule has 1 N–H and O–H groups in total. The molecule has 0 amide bonds. The van der Waals surface area contributed by atoms with Crippen LogP contribution >= 0.6 is 181 Å². The van der Waals surface area contributed by atoms with E-state index in [1.165, 1.54) is 6.07 Å². The number of carbonyl (C=O) groups excluding carboxylic acids is 4. The van der Waals surface area contributed by atoms with E-state index < -0.39 is 67.6 Å². The number of carbonyl (C=O) groups is 4. The van der Waals surface area contributed by atoms with Crippen molar-refractivity contribution in [3.05, 3.63) is 105 Å². The fourth-order valence-electron chi connectivity index (χ4n) is 4.04. The maximum absolute atomic E-state index is 14.5. The molecule has 280 valence electrons. The molecule has 53 heavy (non-hydrogen) atoms. The van der Waals surface area contributed by atoms with Gasteiger partial charge >= 0.3 is 39.2 Å². The highest BCUT2D eigenvalue weighted by atomic mass is 127. The maximum atomic E-state index is 14.5. The minimum absolute atomic E-state index is 0.0140. The Morgan fingerprint density at radius 1 is 0.585 bits per heavy atom. The van der Waals surface area contributed by atoms with Crippen LogP contribution in [-0.2, 0) is 14.9 Å². The van der Waals surface area contributed by atoms with Crippen LogP contribution in [0.1, 0.15) is 48.4 Å². The van der Waals surface area contributed by atoms with Crippen molar-refractivity contribution in [3.8, 4) is 17.2 Å². The van der Waals surface area contributed by atoms with E-state index in [-0.39, 0.29) is 17.2 Å².